The molecular weight excluding hydrogens is 302 g/mol. The van der Waals surface area contributed by atoms with Gasteiger partial charge in [-0.05, 0) is 48.9 Å². The molecule has 2 heterocycles. The molecule has 0 atom stereocenters. The molecule has 0 saturated carbocycles. The van der Waals surface area contributed by atoms with Gasteiger partial charge in [0.05, 0.1) is 18.1 Å². The molecule has 120 valence electrons. The van der Waals surface area contributed by atoms with E-state index in [0.29, 0.717) is 17.3 Å². The number of carbonyl (C=O) groups excluding carboxylic acids is 1. The summed E-state index contributed by atoms with van der Waals surface area (Å²) < 4.78 is 5.25. The molecule has 0 saturated heterocycles. The normalized spacial score (nSPS) is 11.1. The minimum absolute atomic E-state index is 0.227. The summed E-state index contributed by atoms with van der Waals surface area (Å²) >= 11 is 0. The summed E-state index contributed by atoms with van der Waals surface area (Å²) in [5, 5.41) is 5.97. The van der Waals surface area contributed by atoms with Crippen LogP contribution in [0.1, 0.15) is 12.7 Å². The molecule has 24 heavy (non-hydrogen) atoms. The Kier molecular flexibility index (Phi) is 4.72. The van der Waals surface area contributed by atoms with E-state index in [0.717, 1.165) is 11.3 Å². The van der Waals surface area contributed by atoms with E-state index in [4.69, 9.17) is 4.42 Å². The van der Waals surface area contributed by atoms with E-state index in [2.05, 4.69) is 15.6 Å². The Hall–Kier alpha value is -3.34. The monoisotopic (exact) mass is 319 g/mol. The predicted molar refractivity (Wildman–Crippen MR) is 95.0 cm³/mol. The Morgan fingerprint density at radius 2 is 1.88 bits per heavy atom. The van der Waals surface area contributed by atoms with E-state index >= 15 is 0 Å². The zero-order valence-electron chi connectivity index (χ0n) is 13.2. The Bertz CT molecular complexity index is 823. The second-order valence-corrected chi connectivity index (χ2v) is 5.22. The number of anilines is 3. The first kappa shape index (κ1) is 15.6. The summed E-state index contributed by atoms with van der Waals surface area (Å²) in [5.74, 6) is 1.15. The number of rotatable bonds is 5. The number of hydrogen-bond acceptors (Lipinski definition) is 4. The van der Waals surface area contributed by atoms with Crippen molar-refractivity contribution < 1.29 is 9.21 Å². The Morgan fingerprint density at radius 3 is 2.54 bits per heavy atom. The van der Waals surface area contributed by atoms with Crippen molar-refractivity contribution in [1.82, 2.24) is 4.98 Å². The molecule has 5 nitrogen and oxygen atoms in total. The minimum atomic E-state index is -0.227. The van der Waals surface area contributed by atoms with Crippen LogP contribution < -0.4 is 10.6 Å². The number of para-hydroxylation sites is 1. The van der Waals surface area contributed by atoms with Gasteiger partial charge in [0.25, 0.3) is 0 Å². The molecule has 1 aromatic carbocycles. The molecule has 3 rings (SSSR count). The third-order valence-electron chi connectivity index (χ3n) is 3.33. The maximum absolute atomic E-state index is 12.0. The van der Waals surface area contributed by atoms with Crippen molar-refractivity contribution in [2.45, 2.75) is 6.92 Å². The maximum atomic E-state index is 12.0. The minimum Gasteiger partial charge on any atom is -0.465 e. The van der Waals surface area contributed by atoms with Gasteiger partial charge in [0.15, 0.2) is 0 Å². The Balaban J connectivity index is 1.62. The number of amides is 1. The van der Waals surface area contributed by atoms with Gasteiger partial charge in [-0.2, -0.15) is 0 Å². The predicted octanol–water partition coefficient (Wildman–Crippen LogP) is 4.46. The van der Waals surface area contributed by atoms with Crippen LogP contribution >= 0.6 is 0 Å². The number of benzene rings is 1. The number of carbonyl (C=O) groups is 1. The zero-order valence-corrected chi connectivity index (χ0v) is 13.2. The molecule has 0 aliphatic rings. The van der Waals surface area contributed by atoms with Gasteiger partial charge in [-0.25, -0.2) is 4.98 Å². The first-order valence-electron chi connectivity index (χ1n) is 7.52. The van der Waals surface area contributed by atoms with E-state index in [1.54, 1.807) is 24.6 Å². The van der Waals surface area contributed by atoms with Gasteiger partial charge in [-0.15, -0.1) is 0 Å². The highest BCUT2D eigenvalue weighted by Crippen LogP contribution is 2.17. The Morgan fingerprint density at radius 1 is 1.04 bits per heavy atom. The van der Waals surface area contributed by atoms with E-state index in [9.17, 15) is 4.79 Å². The Labute approximate surface area is 140 Å². The van der Waals surface area contributed by atoms with Crippen molar-refractivity contribution >= 4 is 28.7 Å². The van der Waals surface area contributed by atoms with Crippen LogP contribution in [-0.2, 0) is 4.79 Å². The molecule has 0 aliphatic heterocycles. The third-order valence-corrected chi connectivity index (χ3v) is 3.33. The molecule has 5 heteroatoms. The molecule has 2 N–H and O–H groups in total. The smallest absolute Gasteiger partial charge is 0.248 e. The van der Waals surface area contributed by atoms with Crippen molar-refractivity contribution in [3.8, 4) is 0 Å². The zero-order chi connectivity index (χ0) is 16.8. The van der Waals surface area contributed by atoms with Gasteiger partial charge >= 0.3 is 0 Å². The van der Waals surface area contributed by atoms with E-state index < -0.39 is 0 Å². The molecule has 1 amide bonds. The molecule has 0 fully saturated rings. The van der Waals surface area contributed by atoms with Gasteiger partial charge in [0.2, 0.25) is 5.91 Å². The van der Waals surface area contributed by atoms with Crippen LogP contribution in [0.25, 0.3) is 5.57 Å². The fourth-order valence-electron chi connectivity index (χ4n) is 2.16. The molecule has 0 unspecified atom stereocenters. The molecule has 0 radical (unpaired) electrons. The third kappa shape index (κ3) is 4.10. The number of allylic oxidation sites excluding steroid dienone is 1. The molecule has 2 aromatic heterocycles. The molecule has 0 spiro atoms. The van der Waals surface area contributed by atoms with Crippen molar-refractivity contribution in [3.63, 3.8) is 0 Å². The van der Waals surface area contributed by atoms with Gasteiger partial charge in [0, 0.05) is 11.8 Å². The summed E-state index contributed by atoms with van der Waals surface area (Å²) in [6, 6.07) is 17.0. The van der Waals surface area contributed by atoms with Crippen molar-refractivity contribution in [2.24, 2.45) is 0 Å². The molecule has 3 aromatic rings. The van der Waals surface area contributed by atoms with Crippen LogP contribution in [0.4, 0.5) is 17.2 Å². The number of pyridine rings is 1. The van der Waals surface area contributed by atoms with Gasteiger partial charge in [-0.1, -0.05) is 18.2 Å². The van der Waals surface area contributed by atoms with Gasteiger partial charge in [0.1, 0.15) is 11.6 Å². The van der Waals surface area contributed by atoms with Crippen molar-refractivity contribution in [3.05, 3.63) is 78.9 Å². The second-order valence-electron chi connectivity index (χ2n) is 5.22. The van der Waals surface area contributed by atoms with Gasteiger partial charge < -0.3 is 15.1 Å². The molecule has 0 bridgehead atoms. The molecular formula is C19H17N3O2. The first-order chi connectivity index (χ1) is 11.7. The largest absolute Gasteiger partial charge is 0.465 e. The summed E-state index contributed by atoms with van der Waals surface area (Å²) in [6.45, 7) is 1.82. The highest BCUT2D eigenvalue weighted by molar-refractivity contribution is 6.03. The topological polar surface area (TPSA) is 67.2 Å². The van der Waals surface area contributed by atoms with Crippen molar-refractivity contribution in [2.75, 3.05) is 10.6 Å². The number of nitrogens with one attached hydrogen (secondary N) is 2. The maximum Gasteiger partial charge on any atom is 0.248 e. The average Bonchev–Trinajstić information content (AvgIpc) is 3.12. The number of hydrogen-bond donors (Lipinski definition) is 2. The van der Waals surface area contributed by atoms with Gasteiger partial charge in [-0.3, -0.25) is 4.79 Å². The van der Waals surface area contributed by atoms with Crippen LogP contribution in [0.5, 0.6) is 0 Å². The fraction of sp³-hybridized carbons (Fsp3) is 0.0526. The lowest BCUT2D eigenvalue weighted by atomic mass is 10.2. The summed E-state index contributed by atoms with van der Waals surface area (Å²) in [4.78, 5) is 16.3. The highest BCUT2D eigenvalue weighted by Gasteiger charge is 2.04. The van der Waals surface area contributed by atoms with Crippen LogP contribution in [0.3, 0.4) is 0 Å². The first-order valence-corrected chi connectivity index (χ1v) is 7.52. The lowest BCUT2D eigenvalue weighted by Gasteiger charge is -2.07. The van der Waals surface area contributed by atoms with E-state index in [-0.39, 0.29) is 5.91 Å². The summed E-state index contributed by atoms with van der Waals surface area (Å²) in [6.07, 6.45) is 4.68. The lowest BCUT2D eigenvalue weighted by molar-refractivity contribution is -0.111. The highest BCUT2D eigenvalue weighted by atomic mass is 16.3. The fourth-order valence-corrected chi connectivity index (χ4v) is 2.16. The van der Waals surface area contributed by atoms with Crippen LogP contribution in [0.2, 0.25) is 0 Å². The number of furan rings is 1. The van der Waals surface area contributed by atoms with Crippen molar-refractivity contribution in [1.29, 1.82) is 0 Å². The quantitative estimate of drug-likeness (QED) is 0.681. The lowest BCUT2D eigenvalue weighted by Crippen LogP contribution is -2.09. The SMILES string of the molecule is C/C(=C\C(=O)Nc1ccc(Nc2ccccc2)nc1)c1ccco1. The molecule has 0 aliphatic carbocycles. The van der Waals surface area contributed by atoms with E-state index in [1.165, 1.54) is 6.08 Å². The number of aromatic nitrogens is 1. The summed E-state index contributed by atoms with van der Waals surface area (Å²) in [7, 11) is 0. The van der Waals surface area contributed by atoms with Crippen LogP contribution in [0.15, 0.2) is 77.6 Å². The van der Waals surface area contributed by atoms with Crippen LogP contribution in [-0.4, -0.2) is 10.9 Å². The second kappa shape index (κ2) is 7.28. The number of nitrogens with zero attached hydrogens (tertiary/aromatic N) is 1. The van der Waals surface area contributed by atoms with E-state index in [1.807, 2.05) is 49.4 Å². The van der Waals surface area contributed by atoms with Crippen LogP contribution in [0, 0.1) is 0 Å². The average molecular weight is 319 g/mol. The summed E-state index contributed by atoms with van der Waals surface area (Å²) in [5.41, 5.74) is 2.34. The standard InChI is InChI=1S/C19H17N3O2/c1-14(17-8-5-11-24-17)12-19(23)22-16-9-10-18(20-13-16)21-15-6-3-2-4-7-15/h2-13H,1H3,(H,20,21)(H,22,23)/b14-12+.